The number of carbonyl (C=O) groups is 2. The molecule has 0 aromatic heterocycles. The summed E-state index contributed by atoms with van der Waals surface area (Å²) in [6, 6.07) is 14.2. The maximum atomic E-state index is 13.7. The molecule has 7 heteroatoms. The first kappa shape index (κ1) is 20.0. The molecule has 29 heavy (non-hydrogen) atoms. The lowest BCUT2D eigenvalue weighted by Gasteiger charge is -2.12. The monoisotopic (exact) mass is 396 g/mol. The first-order valence-electron chi connectivity index (χ1n) is 8.70. The molecule has 0 aliphatic carbocycles. The molecule has 2 N–H and O–H groups in total. The third-order valence-corrected chi connectivity index (χ3v) is 4.17. The third-order valence-electron chi connectivity index (χ3n) is 4.17. The summed E-state index contributed by atoms with van der Waals surface area (Å²) in [5.41, 5.74) is 1.67. The molecule has 3 aromatic rings. The van der Waals surface area contributed by atoms with Gasteiger partial charge in [0.15, 0.2) is 0 Å². The van der Waals surface area contributed by atoms with Crippen molar-refractivity contribution >= 4 is 23.2 Å². The van der Waals surface area contributed by atoms with Crippen molar-refractivity contribution in [1.29, 1.82) is 0 Å². The number of amides is 2. The highest BCUT2D eigenvalue weighted by Gasteiger charge is 2.14. The largest absolute Gasteiger partial charge is 0.495 e. The topological polar surface area (TPSA) is 67.4 Å². The fourth-order valence-corrected chi connectivity index (χ4v) is 2.70. The van der Waals surface area contributed by atoms with Crippen LogP contribution in [-0.4, -0.2) is 18.9 Å². The van der Waals surface area contributed by atoms with Crippen LogP contribution in [-0.2, 0) is 0 Å². The van der Waals surface area contributed by atoms with E-state index in [-0.39, 0.29) is 16.8 Å². The Morgan fingerprint density at radius 1 is 0.828 bits per heavy atom. The molecule has 0 atom stereocenters. The van der Waals surface area contributed by atoms with Gasteiger partial charge in [-0.3, -0.25) is 9.59 Å². The number of nitrogens with one attached hydrogen (secondary N) is 2. The minimum absolute atomic E-state index is 0.151. The zero-order chi connectivity index (χ0) is 21.0. The predicted molar refractivity (Wildman–Crippen MR) is 106 cm³/mol. The summed E-state index contributed by atoms with van der Waals surface area (Å²) in [6.07, 6.45) is 0. The second-order valence-electron chi connectivity index (χ2n) is 6.32. The van der Waals surface area contributed by atoms with Gasteiger partial charge in [0.05, 0.1) is 18.5 Å². The van der Waals surface area contributed by atoms with Gasteiger partial charge in [0.1, 0.15) is 17.4 Å². The van der Waals surface area contributed by atoms with Crippen molar-refractivity contribution in [3.8, 4) is 5.75 Å². The summed E-state index contributed by atoms with van der Waals surface area (Å²) in [4.78, 5) is 25.0. The average molecular weight is 396 g/mol. The Hall–Kier alpha value is -3.74. The molecular formula is C22H18F2N2O3. The molecule has 3 rings (SSSR count). The molecule has 0 bridgehead atoms. The number of methoxy groups -OCH3 is 1. The van der Waals surface area contributed by atoms with E-state index in [2.05, 4.69) is 10.6 Å². The van der Waals surface area contributed by atoms with Crippen molar-refractivity contribution < 1.29 is 23.1 Å². The van der Waals surface area contributed by atoms with E-state index in [0.29, 0.717) is 17.5 Å². The number of benzene rings is 3. The Bertz CT molecular complexity index is 1080. The van der Waals surface area contributed by atoms with Crippen molar-refractivity contribution in [2.24, 2.45) is 0 Å². The number of anilines is 2. The first-order chi connectivity index (χ1) is 13.9. The van der Waals surface area contributed by atoms with Crippen molar-refractivity contribution in [2.45, 2.75) is 6.92 Å². The van der Waals surface area contributed by atoms with E-state index in [1.54, 1.807) is 24.3 Å². The number of rotatable bonds is 5. The van der Waals surface area contributed by atoms with Crippen LogP contribution in [0.5, 0.6) is 5.75 Å². The number of halogens is 2. The van der Waals surface area contributed by atoms with Gasteiger partial charge in [-0.15, -0.1) is 0 Å². The highest BCUT2D eigenvalue weighted by molar-refractivity contribution is 6.09. The summed E-state index contributed by atoms with van der Waals surface area (Å²) >= 11 is 0. The SMILES string of the molecule is COc1ccc(C)cc1NC(=O)c1cccc(C(=O)Nc2ccc(F)cc2F)c1. The molecule has 3 aromatic carbocycles. The Kier molecular flexibility index (Phi) is 5.87. The van der Waals surface area contributed by atoms with Gasteiger partial charge >= 0.3 is 0 Å². The molecule has 0 radical (unpaired) electrons. The summed E-state index contributed by atoms with van der Waals surface area (Å²) < 4.78 is 32.0. The van der Waals surface area contributed by atoms with Crippen LogP contribution in [0.25, 0.3) is 0 Å². The Labute approximate surface area is 166 Å². The van der Waals surface area contributed by atoms with Crippen LogP contribution < -0.4 is 15.4 Å². The standard InChI is InChI=1S/C22H18F2N2O3/c1-13-6-9-20(29-2)19(10-13)26-22(28)15-5-3-4-14(11-15)21(27)25-18-8-7-16(23)12-17(18)24/h3-12H,1-2H3,(H,25,27)(H,26,28). The average Bonchev–Trinajstić information content (AvgIpc) is 2.70. The summed E-state index contributed by atoms with van der Waals surface area (Å²) in [6.45, 7) is 1.88. The lowest BCUT2D eigenvalue weighted by Crippen LogP contribution is -2.16. The van der Waals surface area contributed by atoms with Crippen LogP contribution in [0.1, 0.15) is 26.3 Å². The molecule has 148 valence electrons. The van der Waals surface area contributed by atoms with Crippen LogP contribution in [0.3, 0.4) is 0 Å². The maximum absolute atomic E-state index is 13.7. The molecule has 5 nitrogen and oxygen atoms in total. The molecular weight excluding hydrogens is 378 g/mol. The summed E-state index contributed by atoms with van der Waals surface area (Å²) in [7, 11) is 1.50. The summed E-state index contributed by atoms with van der Waals surface area (Å²) in [5.74, 6) is -2.19. The maximum Gasteiger partial charge on any atom is 0.255 e. The molecule has 0 spiro atoms. The fraction of sp³-hybridized carbons (Fsp3) is 0.0909. The Balaban J connectivity index is 1.79. The van der Waals surface area contributed by atoms with E-state index in [1.165, 1.54) is 19.2 Å². The van der Waals surface area contributed by atoms with E-state index in [4.69, 9.17) is 4.74 Å². The number of hydrogen-bond donors (Lipinski definition) is 2. The summed E-state index contributed by atoms with van der Waals surface area (Å²) in [5, 5.41) is 5.12. The lowest BCUT2D eigenvalue weighted by molar-refractivity contribution is 0.102. The normalized spacial score (nSPS) is 10.3. The quantitative estimate of drug-likeness (QED) is 0.652. The predicted octanol–water partition coefficient (Wildman–Crippen LogP) is 4.79. The number of carbonyl (C=O) groups excluding carboxylic acids is 2. The molecule has 0 unspecified atom stereocenters. The van der Waals surface area contributed by atoms with Crippen molar-refractivity contribution in [3.05, 3.63) is 89.0 Å². The minimum Gasteiger partial charge on any atom is -0.495 e. The van der Waals surface area contributed by atoms with Gasteiger partial charge in [-0.25, -0.2) is 8.78 Å². The van der Waals surface area contributed by atoms with Crippen LogP contribution >= 0.6 is 0 Å². The second-order valence-corrected chi connectivity index (χ2v) is 6.32. The van der Waals surface area contributed by atoms with Gasteiger partial charge < -0.3 is 15.4 Å². The van der Waals surface area contributed by atoms with Crippen LogP contribution in [0.15, 0.2) is 60.7 Å². The highest BCUT2D eigenvalue weighted by atomic mass is 19.1. The molecule has 0 fully saturated rings. The van der Waals surface area contributed by atoms with Gasteiger partial charge in [0.25, 0.3) is 11.8 Å². The Morgan fingerprint density at radius 2 is 1.48 bits per heavy atom. The molecule has 0 heterocycles. The van der Waals surface area contributed by atoms with E-state index in [1.807, 2.05) is 13.0 Å². The van der Waals surface area contributed by atoms with E-state index < -0.39 is 23.4 Å². The van der Waals surface area contributed by atoms with E-state index >= 15 is 0 Å². The molecule has 0 saturated carbocycles. The molecule has 0 saturated heterocycles. The third kappa shape index (κ3) is 4.76. The fourth-order valence-electron chi connectivity index (χ4n) is 2.70. The first-order valence-corrected chi connectivity index (χ1v) is 8.70. The van der Waals surface area contributed by atoms with Crippen LogP contribution in [0.4, 0.5) is 20.2 Å². The van der Waals surface area contributed by atoms with Crippen molar-refractivity contribution in [2.75, 3.05) is 17.7 Å². The zero-order valence-corrected chi connectivity index (χ0v) is 15.8. The minimum atomic E-state index is -0.890. The van der Waals surface area contributed by atoms with E-state index in [0.717, 1.165) is 17.7 Å². The number of aryl methyl sites for hydroxylation is 1. The van der Waals surface area contributed by atoms with Gasteiger partial charge in [-0.05, 0) is 55.0 Å². The second kappa shape index (κ2) is 8.52. The van der Waals surface area contributed by atoms with Crippen LogP contribution in [0, 0.1) is 18.6 Å². The molecule has 0 aliphatic heterocycles. The van der Waals surface area contributed by atoms with Crippen LogP contribution in [0.2, 0.25) is 0 Å². The van der Waals surface area contributed by atoms with Crippen molar-refractivity contribution in [1.82, 2.24) is 0 Å². The molecule has 2 amide bonds. The van der Waals surface area contributed by atoms with Crippen molar-refractivity contribution in [3.63, 3.8) is 0 Å². The zero-order valence-electron chi connectivity index (χ0n) is 15.8. The molecule has 0 aliphatic rings. The van der Waals surface area contributed by atoms with Gasteiger partial charge in [0.2, 0.25) is 0 Å². The lowest BCUT2D eigenvalue weighted by atomic mass is 10.1. The number of hydrogen-bond acceptors (Lipinski definition) is 3. The van der Waals surface area contributed by atoms with Gasteiger partial charge in [-0.2, -0.15) is 0 Å². The highest BCUT2D eigenvalue weighted by Crippen LogP contribution is 2.26. The number of ether oxygens (including phenoxy) is 1. The van der Waals surface area contributed by atoms with Gasteiger partial charge in [0, 0.05) is 17.2 Å². The smallest absolute Gasteiger partial charge is 0.255 e. The Morgan fingerprint density at radius 3 is 2.10 bits per heavy atom. The van der Waals surface area contributed by atoms with Gasteiger partial charge in [-0.1, -0.05) is 12.1 Å². The van der Waals surface area contributed by atoms with E-state index in [9.17, 15) is 18.4 Å².